The lowest BCUT2D eigenvalue weighted by molar-refractivity contribution is 0.412. The zero-order valence-corrected chi connectivity index (χ0v) is 12.8. The molecule has 1 aliphatic carbocycles. The molecule has 0 saturated heterocycles. The highest BCUT2D eigenvalue weighted by atomic mass is 16.5. The summed E-state index contributed by atoms with van der Waals surface area (Å²) in [6.07, 6.45) is 5.60. The second-order valence-electron chi connectivity index (χ2n) is 5.81. The Morgan fingerprint density at radius 2 is 2.33 bits per heavy atom. The number of benzene rings is 1. The smallest absolute Gasteiger partial charge is 0.119 e. The number of nitrogens with zero attached hydrogens (tertiary/aromatic N) is 1. The van der Waals surface area contributed by atoms with Gasteiger partial charge in [-0.25, -0.2) is 0 Å². The maximum absolute atomic E-state index is 5.33. The van der Waals surface area contributed by atoms with E-state index in [4.69, 9.17) is 4.74 Å². The normalized spacial score (nSPS) is 17.5. The molecular formula is C17H23N3O. The summed E-state index contributed by atoms with van der Waals surface area (Å²) in [4.78, 5) is 0. The summed E-state index contributed by atoms with van der Waals surface area (Å²) < 4.78 is 5.33. The fraction of sp³-hybridized carbons (Fsp3) is 0.471. The molecule has 0 amide bonds. The first-order valence-corrected chi connectivity index (χ1v) is 7.64. The molecule has 0 bridgehead atoms. The van der Waals surface area contributed by atoms with Crippen molar-refractivity contribution < 1.29 is 4.74 Å². The number of nitrogens with one attached hydrogen (secondary N) is 2. The molecule has 1 aromatic heterocycles. The summed E-state index contributed by atoms with van der Waals surface area (Å²) in [7, 11) is 1.73. The highest BCUT2D eigenvalue weighted by Crippen LogP contribution is 2.33. The molecule has 4 heteroatoms. The zero-order chi connectivity index (χ0) is 14.7. The van der Waals surface area contributed by atoms with Gasteiger partial charge in [-0.3, -0.25) is 5.10 Å². The summed E-state index contributed by atoms with van der Waals surface area (Å²) in [5.74, 6) is 1.57. The van der Waals surface area contributed by atoms with Crippen LogP contribution in [-0.2, 0) is 13.0 Å². The number of hydrogen-bond donors (Lipinski definition) is 2. The number of aromatic amines is 1. The van der Waals surface area contributed by atoms with Crippen molar-refractivity contribution in [2.24, 2.45) is 0 Å². The quantitative estimate of drug-likeness (QED) is 0.888. The van der Waals surface area contributed by atoms with Crippen molar-refractivity contribution in [1.82, 2.24) is 15.5 Å². The maximum atomic E-state index is 5.33. The molecule has 0 saturated carbocycles. The Hall–Kier alpha value is -1.81. The van der Waals surface area contributed by atoms with Crippen LogP contribution in [0.15, 0.2) is 24.4 Å². The summed E-state index contributed by atoms with van der Waals surface area (Å²) in [6.45, 7) is 3.96. The van der Waals surface area contributed by atoms with Crippen LogP contribution in [0, 0.1) is 6.92 Å². The Kier molecular flexibility index (Phi) is 4.25. The fourth-order valence-electron chi connectivity index (χ4n) is 3.17. The zero-order valence-electron chi connectivity index (χ0n) is 12.8. The third kappa shape index (κ3) is 3.10. The van der Waals surface area contributed by atoms with Crippen molar-refractivity contribution in [3.8, 4) is 5.75 Å². The van der Waals surface area contributed by atoms with E-state index in [-0.39, 0.29) is 0 Å². The van der Waals surface area contributed by atoms with E-state index in [1.54, 1.807) is 7.11 Å². The van der Waals surface area contributed by atoms with E-state index in [2.05, 4.69) is 40.6 Å². The predicted molar refractivity (Wildman–Crippen MR) is 83.7 cm³/mol. The first-order chi connectivity index (χ1) is 10.3. The topological polar surface area (TPSA) is 49.9 Å². The number of fused-ring (bicyclic) bond motifs is 1. The minimum atomic E-state index is 0.604. The molecule has 1 unspecified atom stereocenters. The van der Waals surface area contributed by atoms with Gasteiger partial charge in [0.2, 0.25) is 0 Å². The van der Waals surface area contributed by atoms with E-state index in [9.17, 15) is 0 Å². The Morgan fingerprint density at radius 3 is 3.10 bits per heavy atom. The maximum Gasteiger partial charge on any atom is 0.119 e. The van der Waals surface area contributed by atoms with E-state index in [0.717, 1.165) is 24.5 Å². The largest absolute Gasteiger partial charge is 0.497 e. The molecular weight excluding hydrogens is 262 g/mol. The van der Waals surface area contributed by atoms with E-state index >= 15 is 0 Å². The van der Waals surface area contributed by atoms with Crippen LogP contribution in [0.1, 0.15) is 41.1 Å². The molecule has 4 nitrogen and oxygen atoms in total. The summed E-state index contributed by atoms with van der Waals surface area (Å²) >= 11 is 0. The molecule has 1 aliphatic rings. The van der Waals surface area contributed by atoms with Gasteiger partial charge < -0.3 is 10.1 Å². The standard InChI is InChI=1S/C17H23N3O/c1-12-15(11-19-20-12)10-18-9-14-5-3-4-13-8-16(21-2)6-7-17(13)14/h6-8,11,14,18H,3-5,9-10H2,1-2H3,(H,19,20). The second-order valence-corrected chi connectivity index (χ2v) is 5.81. The number of hydrogen-bond acceptors (Lipinski definition) is 3. The van der Waals surface area contributed by atoms with Crippen molar-refractivity contribution in [3.63, 3.8) is 0 Å². The highest BCUT2D eigenvalue weighted by Gasteiger charge is 2.20. The van der Waals surface area contributed by atoms with Crippen molar-refractivity contribution in [2.75, 3.05) is 13.7 Å². The molecule has 2 aromatic rings. The first kappa shape index (κ1) is 14.1. The Morgan fingerprint density at radius 1 is 1.43 bits per heavy atom. The van der Waals surface area contributed by atoms with Crippen LogP contribution >= 0.6 is 0 Å². The second kappa shape index (κ2) is 6.31. The molecule has 2 N–H and O–H groups in total. The Labute approximate surface area is 125 Å². The van der Waals surface area contributed by atoms with E-state index < -0.39 is 0 Å². The van der Waals surface area contributed by atoms with Gasteiger partial charge in [0.15, 0.2) is 0 Å². The van der Waals surface area contributed by atoms with Crippen LogP contribution in [0.2, 0.25) is 0 Å². The molecule has 1 heterocycles. The molecule has 0 aliphatic heterocycles. The number of H-pyrrole nitrogens is 1. The minimum absolute atomic E-state index is 0.604. The lowest BCUT2D eigenvalue weighted by Crippen LogP contribution is -2.24. The molecule has 1 aromatic carbocycles. The molecule has 21 heavy (non-hydrogen) atoms. The number of ether oxygens (including phenoxy) is 1. The van der Waals surface area contributed by atoms with Gasteiger partial charge in [0.25, 0.3) is 0 Å². The summed E-state index contributed by atoms with van der Waals surface area (Å²) in [5, 5.41) is 10.6. The van der Waals surface area contributed by atoms with Crippen LogP contribution in [-0.4, -0.2) is 23.9 Å². The van der Waals surface area contributed by atoms with Crippen molar-refractivity contribution >= 4 is 0 Å². The minimum Gasteiger partial charge on any atom is -0.497 e. The lowest BCUT2D eigenvalue weighted by Gasteiger charge is -2.26. The van der Waals surface area contributed by atoms with E-state index in [1.807, 2.05) is 6.20 Å². The SMILES string of the molecule is COc1ccc2c(c1)CCCC2CNCc1cn[nH]c1C. The molecule has 0 fully saturated rings. The Balaban J connectivity index is 1.64. The predicted octanol–water partition coefficient (Wildman–Crippen LogP) is 2.94. The van der Waals surface area contributed by atoms with Gasteiger partial charge in [-0.2, -0.15) is 5.10 Å². The van der Waals surface area contributed by atoms with Crippen LogP contribution in [0.4, 0.5) is 0 Å². The van der Waals surface area contributed by atoms with Gasteiger partial charge in [-0.15, -0.1) is 0 Å². The summed E-state index contributed by atoms with van der Waals surface area (Å²) in [5.41, 5.74) is 5.34. The Bertz CT molecular complexity index is 606. The molecule has 112 valence electrons. The number of aromatic nitrogens is 2. The van der Waals surface area contributed by atoms with E-state index in [0.29, 0.717) is 5.92 Å². The van der Waals surface area contributed by atoms with Gasteiger partial charge in [-0.05, 0) is 55.4 Å². The van der Waals surface area contributed by atoms with Crippen molar-refractivity contribution in [1.29, 1.82) is 0 Å². The average molecular weight is 285 g/mol. The lowest BCUT2D eigenvalue weighted by atomic mass is 9.82. The van der Waals surface area contributed by atoms with Gasteiger partial charge >= 0.3 is 0 Å². The van der Waals surface area contributed by atoms with Crippen LogP contribution in [0.5, 0.6) is 5.75 Å². The van der Waals surface area contributed by atoms with Gasteiger partial charge in [0, 0.05) is 24.3 Å². The number of aryl methyl sites for hydroxylation is 2. The van der Waals surface area contributed by atoms with E-state index in [1.165, 1.54) is 36.0 Å². The summed E-state index contributed by atoms with van der Waals surface area (Å²) in [6, 6.07) is 6.52. The van der Waals surface area contributed by atoms with Crippen molar-refractivity contribution in [2.45, 2.75) is 38.6 Å². The number of rotatable bonds is 5. The molecule has 1 atom stereocenters. The molecule has 3 rings (SSSR count). The monoisotopic (exact) mass is 285 g/mol. The van der Waals surface area contributed by atoms with Crippen LogP contribution in [0.25, 0.3) is 0 Å². The number of methoxy groups -OCH3 is 1. The van der Waals surface area contributed by atoms with Gasteiger partial charge in [-0.1, -0.05) is 6.07 Å². The molecule has 0 spiro atoms. The molecule has 0 radical (unpaired) electrons. The third-order valence-electron chi connectivity index (χ3n) is 4.43. The van der Waals surface area contributed by atoms with Crippen LogP contribution in [0.3, 0.4) is 0 Å². The highest BCUT2D eigenvalue weighted by molar-refractivity contribution is 5.39. The fourth-order valence-corrected chi connectivity index (χ4v) is 3.17. The van der Waals surface area contributed by atoms with Gasteiger partial charge in [0.05, 0.1) is 13.3 Å². The van der Waals surface area contributed by atoms with Gasteiger partial charge in [0.1, 0.15) is 5.75 Å². The third-order valence-corrected chi connectivity index (χ3v) is 4.43. The van der Waals surface area contributed by atoms with Crippen LogP contribution < -0.4 is 10.1 Å². The average Bonchev–Trinajstić information content (AvgIpc) is 2.92. The first-order valence-electron chi connectivity index (χ1n) is 7.64. The van der Waals surface area contributed by atoms with Crippen molar-refractivity contribution in [3.05, 3.63) is 46.8 Å².